The summed E-state index contributed by atoms with van der Waals surface area (Å²) >= 11 is 0. The first-order valence-electron chi connectivity index (χ1n) is 5.79. The molecular formula is C11H20N2O. The van der Waals surface area contributed by atoms with Crippen LogP contribution in [-0.2, 0) is 4.79 Å². The fourth-order valence-electron chi connectivity index (χ4n) is 2.74. The molecule has 0 aromatic heterocycles. The van der Waals surface area contributed by atoms with Crippen molar-refractivity contribution in [2.24, 2.45) is 5.41 Å². The van der Waals surface area contributed by atoms with Crippen LogP contribution in [0.5, 0.6) is 0 Å². The van der Waals surface area contributed by atoms with E-state index in [1.54, 1.807) is 0 Å². The summed E-state index contributed by atoms with van der Waals surface area (Å²) in [6, 6.07) is 0. The van der Waals surface area contributed by atoms with Gasteiger partial charge in [-0.1, -0.05) is 6.92 Å². The number of hydrogen-bond donors (Lipinski definition) is 1. The van der Waals surface area contributed by atoms with Crippen molar-refractivity contribution in [3.05, 3.63) is 0 Å². The summed E-state index contributed by atoms with van der Waals surface area (Å²) in [4.78, 5) is 14.2. The van der Waals surface area contributed by atoms with Gasteiger partial charge in [-0.3, -0.25) is 4.79 Å². The molecule has 1 amide bonds. The molecule has 2 rings (SSSR count). The summed E-state index contributed by atoms with van der Waals surface area (Å²) in [5, 5.41) is 3.36. The lowest BCUT2D eigenvalue weighted by atomic mass is 9.79. The van der Waals surface area contributed by atoms with Crippen LogP contribution in [0.25, 0.3) is 0 Å². The zero-order valence-electron chi connectivity index (χ0n) is 9.01. The van der Waals surface area contributed by atoms with Crippen LogP contribution in [0.3, 0.4) is 0 Å². The second-order valence-electron chi connectivity index (χ2n) is 4.60. The topological polar surface area (TPSA) is 32.3 Å². The predicted molar refractivity (Wildman–Crippen MR) is 56.0 cm³/mol. The van der Waals surface area contributed by atoms with E-state index in [1.807, 2.05) is 4.90 Å². The zero-order chi connectivity index (χ0) is 10.0. The van der Waals surface area contributed by atoms with Crippen molar-refractivity contribution in [2.75, 3.05) is 26.2 Å². The van der Waals surface area contributed by atoms with Crippen molar-refractivity contribution in [3.63, 3.8) is 0 Å². The van der Waals surface area contributed by atoms with Crippen molar-refractivity contribution >= 4 is 5.91 Å². The molecular weight excluding hydrogens is 176 g/mol. The number of nitrogens with zero attached hydrogens (tertiary/aromatic N) is 1. The molecule has 2 saturated heterocycles. The molecule has 1 N–H and O–H groups in total. The Morgan fingerprint density at radius 1 is 1.50 bits per heavy atom. The van der Waals surface area contributed by atoms with Crippen molar-refractivity contribution in [1.29, 1.82) is 0 Å². The smallest absolute Gasteiger partial charge is 0.230 e. The minimum absolute atomic E-state index is 0.0204. The highest BCUT2D eigenvalue weighted by atomic mass is 16.2. The number of piperidine rings is 1. The molecule has 80 valence electrons. The Hall–Kier alpha value is -0.570. The number of amides is 1. The van der Waals surface area contributed by atoms with Gasteiger partial charge in [0.05, 0.1) is 5.41 Å². The van der Waals surface area contributed by atoms with E-state index in [1.165, 1.54) is 0 Å². The van der Waals surface area contributed by atoms with Crippen LogP contribution in [0.2, 0.25) is 0 Å². The Morgan fingerprint density at radius 3 is 3.00 bits per heavy atom. The number of nitrogens with one attached hydrogen (secondary N) is 1. The van der Waals surface area contributed by atoms with E-state index < -0.39 is 0 Å². The summed E-state index contributed by atoms with van der Waals surface area (Å²) in [6.07, 6.45) is 4.40. The third-order valence-corrected chi connectivity index (χ3v) is 3.57. The fraction of sp³-hybridized carbons (Fsp3) is 0.909. The van der Waals surface area contributed by atoms with Crippen molar-refractivity contribution < 1.29 is 4.79 Å². The molecule has 0 aromatic carbocycles. The van der Waals surface area contributed by atoms with Gasteiger partial charge in [-0.2, -0.15) is 0 Å². The number of carbonyl (C=O) groups is 1. The molecule has 0 saturated carbocycles. The normalized spacial score (nSPS) is 32.9. The van der Waals surface area contributed by atoms with Crippen molar-refractivity contribution in [2.45, 2.75) is 32.6 Å². The average molecular weight is 196 g/mol. The Balaban J connectivity index is 2.04. The molecule has 0 radical (unpaired) electrons. The monoisotopic (exact) mass is 196 g/mol. The predicted octanol–water partition coefficient (Wildman–Crippen LogP) is 0.998. The molecule has 0 aliphatic carbocycles. The molecule has 1 spiro atoms. The van der Waals surface area contributed by atoms with Gasteiger partial charge >= 0.3 is 0 Å². The molecule has 3 heteroatoms. The van der Waals surface area contributed by atoms with Crippen LogP contribution in [0, 0.1) is 5.41 Å². The average Bonchev–Trinajstić information content (AvgIpc) is 2.50. The maximum atomic E-state index is 12.2. The SMILES string of the molecule is CCCN1CC[C@]2(CCCNC2)C1=O. The highest BCUT2D eigenvalue weighted by Gasteiger charge is 2.46. The maximum absolute atomic E-state index is 12.2. The summed E-state index contributed by atoms with van der Waals surface area (Å²) in [7, 11) is 0. The standard InChI is InChI=1S/C11H20N2O/c1-2-7-13-8-5-11(10(13)14)4-3-6-12-9-11/h12H,2-9H2,1H3/t11-/m0/s1. The Kier molecular flexibility index (Phi) is 2.77. The van der Waals surface area contributed by atoms with E-state index in [4.69, 9.17) is 0 Å². The summed E-state index contributed by atoms with van der Waals surface area (Å²) in [5.41, 5.74) is -0.0204. The van der Waals surface area contributed by atoms with Gasteiger partial charge in [0.2, 0.25) is 5.91 Å². The van der Waals surface area contributed by atoms with Gasteiger partial charge in [0.1, 0.15) is 0 Å². The summed E-state index contributed by atoms with van der Waals surface area (Å²) in [6.45, 7) is 6.06. The molecule has 0 aromatic rings. The van der Waals surface area contributed by atoms with Crippen molar-refractivity contribution in [3.8, 4) is 0 Å². The zero-order valence-corrected chi connectivity index (χ0v) is 9.01. The van der Waals surface area contributed by atoms with Gasteiger partial charge in [-0.15, -0.1) is 0 Å². The second-order valence-corrected chi connectivity index (χ2v) is 4.60. The molecule has 2 aliphatic rings. The first-order valence-corrected chi connectivity index (χ1v) is 5.79. The third kappa shape index (κ3) is 1.54. The molecule has 14 heavy (non-hydrogen) atoms. The lowest BCUT2D eigenvalue weighted by Gasteiger charge is -2.32. The summed E-state index contributed by atoms with van der Waals surface area (Å²) in [5.74, 6) is 0.409. The van der Waals surface area contributed by atoms with E-state index in [0.29, 0.717) is 5.91 Å². The molecule has 0 bridgehead atoms. The Labute approximate surface area is 85.8 Å². The molecule has 2 aliphatic heterocycles. The van der Waals surface area contributed by atoms with Crippen LogP contribution in [-0.4, -0.2) is 37.0 Å². The first-order chi connectivity index (χ1) is 6.78. The van der Waals surface area contributed by atoms with E-state index >= 15 is 0 Å². The lowest BCUT2D eigenvalue weighted by Crippen LogP contribution is -2.45. The minimum Gasteiger partial charge on any atom is -0.342 e. The van der Waals surface area contributed by atoms with Gasteiger partial charge in [0, 0.05) is 19.6 Å². The third-order valence-electron chi connectivity index (χ3n) is 3.57. The van der Waals surface area contributed by atoms with Gasteiger partial charge < -0.3 is 10.2 Å². The highest BCUT2D eigenvalue weighted by molar-refractivity contribution is 5.85. The van der Waals surface area contributed by atoms with E-state index in [-0.39, 0.29) is 5.41 Å². The van der Waals surface area contributed by atoms with Crippen LogP contribution in [0.15, 0.2) is 0 Å². The molecule has 1 atom stereocenters. The fourth-order valence-corrected chi connectivity index (χ4v) is 2.74. The second kappa shape index (κ2) is 3.89. The largest absolute Gasteiger partial charge is 0.342 e. The molecule has 3 nitrogen and oxygen atoms in total. The number of rotatable bonds is 2. The van der Waals surface area contributed by atoms with Gasteiger partial charge in [-0.05, 0) is 32.2 Å². The van der Waals surface area contributed by atoms with Gasteiger partial charge in [0.15, 0.2) is 0 Å². The lowest BCUT2D eigenvalue weighted by molar-refractivity contribution is -0.136. The molecule has 2 fully saturated rings. The number of hydrogen-bond acceptors (Lipinski definition) is 2. The summed E-state index contributed by atoms with van der Waals surface area (Å²) < 4.78 is 0. The molecule has 2 heterocycles. The quantitative estimate of drug-likeness (QED) is 0.714. The van der Waals surface area contributed by atoms with Crippen molar-refractivity contribution in [1.82, 2.24) is 10.2 Å². The van der Waals surface area contributed by atoms with Crippen LogP contribution in [0.1, 0.15) is 32.6 Å². The van der Waals surface area contributed by atoms with Crippen LogP contribution in [0.4, 0.5) is 0 Å². The minimum atomic E-state index is -0.0204. The molecule has 0 unspecified atom stereocenters. The van der Waals surface area contributed by atoms with Crippen LogP contribution < -0.4 is 5.32 Å². The highest BCUT2D eigenvalue weighted by Crippen LogP contribution is 2.37. The van der Waals surface area contributed by atoms with E-state index in [2.05, 4.69) is 12.2 Å². The number of carbonyl (C=O) groups excluding carboxylic acids is 1. The van der Waals surface area contributed by atoms with Gasteiger partial charge in [-0.25, -0.2) is 0 Å². The van der Waals surface area contributed by atoms with Crippen LogP contribution >= 0.6 is 0 Å². The van der Waals surface area contributed by atoms with E-state index in [9.17, 15) is 4.79 Å². The first kappa shape index (κ1) is 9.97. The number of likely N-dealkylation sites (tertiary alicyclic amines) is 1. The maximum Gasteiger partial charge on any atom is 0.230 e. The van der Waals surface area contributed by atoms with Gasteiger partial charge in [0.25, 0.3) is 0 Å². The Bertz CT molecular complexity index is 221. The Morgan fingerprint density at radius 2 is 2.36 bits per heavy atom. The van der Waals surface area contributed by atoms with E-state index in [0.717, 1.165) is 51.9 Å².